The van der Waals surface area contributed by atoms with Gasteiger partial charge in [-0.3, -0.25) is 4.68 Å². The van der Waals surface area contributed by atoms with Gasteiger partial charge in [0.25, 0.3) is 0 Å². The number of anilines is 2. The fourth-order valence-corrected chi connectivity index (χ4v) is 2.38. The van der Waals surface area contributed by atoms with Gasteiger partial charge in [-0.2, -0.15) is 10.4 Å². The first-order valence-electron chi connectivity index (χ1n) is 7.96. The number of rotatable bonds is 6. The van der Waals surface area contributed by atoms with Crippen molar-refractivity contribution in [3.05, 3.63) is 48.2 Å². The molecule has 1 N–H and O–H groups in total. The van der Waals surface area contributed by atoms with E-state index in [4.69, 9.17) is 10.00 Å². The van der Waals surface area contributed by atoms with Crippen molar-refractivity contribution in [2.75, 3.05) is 11.9 Å². The third-order valence-corrected chi connectivity index (χ3v) is 3.61. The number of aryl methyl sites for hydroxylation is 2. The van der Waals surface area contributed by atoms with E-state index in [0.29, 0.717) is 17.2 Å². The number of hydrogen-bond acceptors (Lipinski definition) is 6. The summed E-state index contributed by atoms with van der Waals surface area (Å²) in [5, 5.41) is 15.7. The summed E-state index contributed by atoms with van der Waals surface area (Å²) in [6, 6.07) is 6.59. The van der Waals surface area contributed by atoms with E-state index in [1.807, 2.05) is 20.0 Å². The molecule has 0 atom stereocenters. The molecule has 3 rings (SSSR count). The summed E-state index contributed by atoms with van der Waals surface area (Å²) in [5.41, 5.74) is 2.81. The van der Waals surface area contributed by atoms with Gasteiger partial charge in [0.15, 0.2) is 11.6 Å². The van der Waals surface area contributed by atoms with Crippen molar-refractivity contribution in [1.29, 1.82) is 5.26 Å². The Bertz CT molecular complexity index is 963. The van der Waals surface area contributed by atoms with Crippen LogP contribution >= 0.6 is 0 Å². The maximum absolute atomic E-state index is 14.3. The van der Waals surface area contributed by atoms with E-state index < -0.39 is 5.82 Å². The van der Waals surface area contributed by atoms with Crippen molar-refractivity contribution in [2.24, 2.45) is 7.05 Å². The van der Waals surface area contributed by atoms with E-state index in [1.54, 1.807) is 29.3 Å². The maximum Gasteiger partial charge on any atom is 0.227 e. The Morgan fingerprint density at radius 2 is 2.19 bits per heavy atom. The van der Waals surface area contributed by atoms with Gasteiger partial charge < -0.3 is 10.1 Å². The summed E-state index contributed by atoms with van der Waals surface area (Å²) in [7, 11) is 1.82. The molecule has 3 aromatic rings. The van der Waals surface area contributed by atoms with Crippen LogP contribution in [-0.4, -0.2) is 26.4 Å². The van der Waals surface area contributed by atoms with Gasteiger partial charge in [0.1, 0.15) is 6.61 Å². The molecule has 0 unspecified atom stereocenters. The number of hydrogen-bond donors (Lipinski definition) is 1. The van der Waals surface area contributed by atoms with Crippen LogP contribution in [0.2, 0.25) is 0 Å². The van der Waals surface area contributed by atoms with Crippen LogP contribution in [0.1, 0.15) is 12.0 Å². The van der Waals surface area contributed by atoms with Crippen LogP contribution < -0.4 is 10.1 Å². The minimum atomic E-state index is -0.500. The first-order chi connectivity index (χ1) is 12.6. The Labute approximate surface area is 150 Å². The second-order valence-electron chi connectivity index (χ2n) is 5.65. The molecule has 2 aromatic heterocycles. The number of aromatic nitrogens is 4. The SMILES string of the molecule is Cc1cnc(Nc2cnn(C)c2)nc1-c1ccc(OCCC#N)c(F)c1. The predicted molar refractivity (Wildman–Crippen MR) is 94.4 cm³/mol. The number of nitrogens with one attached hydrogen (secondary N) is 1. The van der Waals surface area contributed by atoms with E-state index in [0.717, 1.165) is 11.3 Å². The Morgan fingerprint density at radius 3 is 2.88 bits per heavy atom. The standard InChI is InChI=1S/C18H17FN6O/c1-12-9-21-18(23-14-10-22-25(2)11-14)24-17(12)13-4-5-16(15(19)8-13)26-7-3-6-20/h4-5,8-11H,3,7H2,1-2H3,(H,21,23,24). The molecule has 1 aromatic carbocycles. The Morgan fingerprint density at radius 1 is 1.35 bits per heavy atom. The highest BCUT2D eigenvalue weighted by Gasteiger charge is 2.11. The molecule has 0 aliphatic rings. The second kappa shape index (κ2) is 7.61. The molecule has 0 bridgehead atoms. The van der Waals surface area contributed by atoms with Crippen LogP contribution in [-0.2, 0) is 7.05 Å². The molecule has 0 spiro atoms. The topological polar surface area (TPSA) is 88.7 Å². The summed E-state index contributed by atoms with van der Waals surface area (Å²) in [4.78, 5) is 8.73. The monoisotopic (exact) mass is 352 g/mol. The van der Waals surface area contributed by atoms with Crippen LogP contribution in [0.4, 0.5) is 16.0 Å². The minimum Gasteiger partial charge on any atom is -0.489 e. The van der Waals surface area contributed by atoms with E-state index in [-0.39, 0.29) is 18.8 Å². The number of benzene rings is 1. The molecule has 0 aliphatic carbocycles. The van der Waals surface area contributed by atoms with Crippen LogP contribution in [0, 0.1) is 24.1 Å². The fourth-order valence-electron chi connectivity index (χ4n) is 2.38. The van der Waals surface area contributed by atoms with E-state index >= 15 is 0 Å². The Kier molecular flexibility index (Phi) is 5.08. The van der Waals surface area contributed by atoms with Crippen molar-refractivity contribution >= 4 is 11.6 Å². The lowest BCUT2D eigenvalue weighted by molar-refractivity contribution is 0.309. The minimum absolute atomic E-state index is 0.115. The smallest absolute Gasteiger partial charge is 0.227 e. The number of nitriles is 1. The quantitative estimate of drug-likeness (QED) is 0.684. The average Bonchev–Trinajstić information content (AvgIpc) is 3.03. The van der Waals surface area contributed by atoms with Crippen molar-refractivity contribution in [1.82, 2.24) is 19.7 Å². The normalized spacial score (nSPS) is 10.4. The van der Waals surface area contributed by atoms with Gasteiger partial charge in [-0.25, -0.2) is 14.4 Å². The van der Waals surface area contributed by atoms with Gasteiger partial charge in [0, 0.05) is 25.0 Å². The average molecular weight is 352 g/mol. The summed E-state index contributed by atoms with van der Waals surface area (Å²) in [6.45, 7) is 2.01. The first kappa shape index (κ1) is 17.4. The summed E-state index contributed by atoms with van der Waals surface area (Å²) in [5.74, 6) is 0.0120. The zero-order valence-electron chi connectivity index (χ0n) is 14.4. The van der Waals surface area contributed by atoms with Crippen LogP contribution in [0.15, 0.2) is 36.8 Å². The molecular weight excluding hydrogens is 335 g/mol. The molecule has 26 heavy (non-hydrogen) atoms. The first-order valence-corrected chi connectivity index (χ1v) is 7.96. The van der Waals surface area contributed by atoms with Crippen molar-refractivity contribution < 1.29 is 9.13 Å². The molecule has 7 nitrogen and oxygen atoms in total. The van der Waals surface area contributed by atoms with Gasteiger partial charge in [-0.1, -0.05) is 0 Å². The largest absolute Gasteiger partial charge is 0.489 e. The van der Waals surface area contributed by atoms with Gasteiger partial charge in [0.05, 0.1) is 30.1 Å². The summed E-state index contributed by atoms with van der Waals surface area (Å²) < 4.78 is 21.2. The molecule has 0 fully saturated rings. The number of halogens is 1. The highest BCUT2D eigenvalue weighted by molar-refractivity contribution is 5.65. The number of ether oxygens (including phenoxy) is 1. The molecule has 0 aliphatic heterocycles. The Hall–Kier alpha value is -3.47. The lowest BCUT2D eigenvalue weighted by Crippen LogP contribution is -2.01. The van der Waals surface area contributed by atoms with Crippen LogP contribution in [0.25, 0.3) is 11.3 Å². The van der Waals surface area contributed by atoms with E-state index in [2.05, 4.69) is 20.4 Å². The highest BCUT2D eigenvalue weighted by Crippen LogP contribution is 2.27. The molecule has 8 heteroatoms. The maximum atomic E-state index is 14.3. The number of nitrogens with zero attached hydrogens (tertiary/aromatic N) is 5. The van der Waals surface area contributed by atoms with Gasteiger partial charge >= 0.3 is 0 Å². The van der Waals surface area contributed by atoms with Gasteiger partial charge in [-0.05, 0) is 30.7 Å². The predicted octanol–water partition coefficient (Wildman–Crippen LogP) is 3.36. The van der Waals surface area contributed by atoms with E-state index in [9.17, 15) is 4.39 Å². The third-order valence-electron chi connectivity index (χ3n) is 3.61. The molecule has 0 radical (unpaired) electrons. The zero-order chi connectivity index (χ0) is 18.5. The third kappa shape index (κ3) is 3.95. The van der Waals surface area contributed by atoms with Gasteiger partial charge in [-0.15, -0.1) is 0 Å². The second-order valence-corrected chi connectivity index (χ2v) is 5.65. The van der Waals surface area contributed by atoms with Crippen molar-refractivity contribution in [3.63, 3.8) is 0 Å². The fraction of sp³-hybridized carbons (Fsp3) is 0.222. The summed E-state index contributed by atoms with van der Waals surface area (Å²) in [6.07, 6.45) is 5.34. The van der Waals surface area contributed by atoms with Crippen molar-refractivity contribution in [3.8, 4) is 23.1 Å². The molecule has 0 saturated carbocycles. The molecule has 0 amide bonds. The summed E-state index contributed by atoms with van der Waals surface area (Å²) >= 11 is 0. The lowest BCUT2D eigenvalue weighted by Gasteiger charge is -2.10. The lowest BCUT2D eigenvalue weighted by atomic mass is 10.1. The van der Waals surface area contributed by atoms with Crippen LogP contribution in [0.3, 0.4) is 0 Å². The Balaban J connectivity index is 1.85. The molecule has 0 saturated heterocycles. The van der Waals surface area contributed by atoms with Gasteiger partial charge in [0.2, 0.25) is 5.95 Å². The van der Waals surface area contributed by atoms with Crippen molar-refractivity contribution in [2.45, 2.75) is 13.3 Å². The molecule has 132 valence electrons. The molecular formula is C18H17FN6O. The van der Waals surface area contributed by atoms with E-state index in [1.165, 1.54) is 12.1 Å². The molecule has 2 heterocycles. The van der Waals surface area contributed by atoms with Crippen LogP contribution in [0.5, 0.6) is 5.75 Å². The zero-order valence-corrected chi connectivity index (χ0v) is 14.4. The highest BCUT2D eigenvalue weighted by atomic mass is 19.1.